The van der Waals surface area contributed by atoms with E-state index in [-0.39, 0.29) is 24.8 Å². The third kappa shape index (κ3) is 5.51. The number of hydrogen-bond acceptors (Lipinski definition) is 4. The van der Waals surface area contributed by atoms with Crippen molar-refractivity contribution in [3.05, 3.63) is 82.8 Å². The minimum absolute atomic E-state index is 0.00232. The third-order valence-corrected chi connectivity index (χ3v) is 4.26. The Balaban J connectivity index is 1.84. The van der Waals surface area contributed by atoms with Crippen molar-refractivity contribution in [1.29, 1.82) is 0 Å². The van der Waals surface area contributed by atoms with Crippen LogP contribution in [-0.4, -0.2) is 28.3 Å². The molecule has 0 bridgehead atoms. The standard InChI is InChI=1S/C22H22FN3O3/c1-3-29-21(27)13-19-12-20(24-22(28)17-8-4-15(2)5-9-17)26(25-19)14-16-6-10-18(23)11-7-16/h4-12H,3,13-14H2,1-2H3,(H,24,28). The number of aryl methyl sites for hydroxylation is 1. The normalized spacial score (nSPS) is 10.6. The van der Waals surface area contributed by atoms with E-state index in [0.717, 1.165) is 11.1 Å². The predicted octanol–water partition coefficient (Wildman–Crippen LogP) is 3.74. The number of nitrogens with one attached hydrogen (secondary N) is 1. The molecular formula is C22H22FN3O3. The second kappa shape index (κ2) is 9.14. The lowest BCUT2D eigenvalue weighted by molar-refractivity contribution is -0.142. The maximum absolute atomic E-state index is 13.2. The summed E-state index contributed by atoms with van der Waals surface area (Å²) in [4.78, 5) is 24.4. The van der Waals surface area contributed by atoms with E-state index in [1.807, 2.05) is 19.1 Å². The Morgan fingerprint density at radius 1 is 1.10 bits per heavy atom. The molecule has 0 saturated carbocycles. The fraction of sp³-hybridized carbons (Fsp3) is 0.227. The molecule has 0 atom stereocenters. The highest BCUT2D eigenvalue weighted by atomic mass is 19.1. The van der Waals surface area contributed by atoms with E-state index in [4.69, 9.17) is 4.74 Å². The number of aromatic nitrogens is 2. The lowest BCUT2D eigenvalue weighted by Gasteiger charge is -2.09. The Morgan fingerprint density at radius 2 is 1.79 bits per heavy atom. The van der Waals surface area contributed by atoms with Gasteiger partial charge in [-0.15, -0.1) is 0 Å². The van der Waals surface area contributed by atoms with Gasteiger partial charge in [-0.2, -0.15) is 5.10 Å². The molecule has 3 aromatic rings. The maximum Gasteiger partial charge on any atom is 0.311 e. The number of carbonyl (C=O) groups is 2. The summed E-state index contributed by atoms with van der Waals surface area (Å²) in [6.07, 6.45) is -0.00232. The molecule has 29 heavy (non-hydrogen) atoms. The van der Waals surface area contributed by atoms with Gasteiger partial charge in [0.1, 0.15) is 11.6 Å². The maximum atomic E-state index is 13.2. The summed E-state index contributed by atoms with van der Waals surface area (Å²) in [7, 11) is 0. The highest BCUT2D eigenvalue weighted by Crippen LogP contribution is 2.16. The fourth-order valence-electron chi connectivity index (χ4n) is 2.79. The van der Waals surface area contributed by atoms with E-state index in [2.05, 4.69) is 10.4 Å². The van der Waals surface area contributed by atoms with Gasteiger partial charge in [-0.3, -0.25) is 9.59 Å². The molecule has 1 amide bonds. The van der Waals surface area contributed by atoms with Crippen LogP contribution in [-0.2, 0) is 22.5 Å². The number of esters is 1. The SMILES string of the molecule is CCOC(=O)Cc1cc(NC(=O)c2ccc(C)cc2)n(Cc2ccc(F)cc2)n1. The highest BCUT2D eigenvalue weighted by molar-refractivity contribution is 6.03. The molecule has 0 aliphatic rings. The van der Waals surface area contributed by atoms with Crippen LogP contribution < -0.4 is 5.32 Å². The molecule has 1 N–H and O–H groups in total. The van der Waals surface area contributed by atoms with Crippen LogP contribution in [0.1, 0.15) is 34.1 Å². The van der Waals surface area contributed by atoms with Gasteiger partial charge in [0.25, 0.3) is 5.91 Å². The van der Waals surface area contributed by atoms with Crippen molar-refractivity contribution in [3.63, 3.8) is 0 Å². The molecule has 150 valence electrons. The monoisotopic (exact) mass is 395 g/mol. The van der Waals surface area contributed by atoms with E-state index >= 15 is 0 Å². The summed E-state index contributed by atoms with van der Waals surface area (Å²) in [6, 6.07) is 14.9. The summed E-state index contributed by atoms with van der Waals surface area (Å²) >= 11 is 0. The lowest BCUT2D eigenvalue weighted by atomic mass is 10.1. The van der Waals surface area contributed by atoms with Gasteiger partial charge >= 0.3 is 5.97 Å². The van der Waals surface area contributed by atoms with Gasteiger partial charge in [-0.05, 0) is 43.7 Å². The lowest BCUT2D eigenvalue weighted by Crippen LogP contribution is -2.16. The molecule has 0 saturated heterocycles. The average Bonchev–Trinajstić information content (AvgIpc) is 3.04. The van der Waals surface area contributed by atoms with Gasteiger partial charge in [-0.25, -0.2) is 9.07 Å². The Kier molecular flexibility index (Phi) is 6.39. The van der Waals surface area contributed by atoms with E-state index in [1.165, 1.54) is 12.1 Å². The minimum atomic E-state index is -0.393. The van der Waals surface area contributed by atoms with Crippen LogP contribution in [0.4, 0.5) is 10.2 Å². The molecule has 0 spiro atoms. The molecule has 1 aromatic heterocycles. The molecule has 0 unspecified atom stereocenters. The summed E-state index contributed by atoms with van der Waals surface area (Å²) in [5.41, 5.74) is 2.85. The van der Waals surface area contributed by atoms with Crippen molar-refractivity contribution in [2.75, 3.05) is 11.9 Å². The summed E-state index contributed by atoms with van der Waals surface area (Å²) in [6.45, 7) is 4.28. The molecule has 2 aromatic carbocycles. The predicted molar refractivity (Wildman–Crippen MR) is 107 cm³/mol. The number of hydrogen-bond donors (Lipinski definition) is 1. The topological polar surface area (TPSA) is 73.2 Å². The number of amides is 1. The second-order valence-electron chi connectivity index (χ2n) is 6.61. The first-order valence-electron chi connectivity index (χ1n) is 9.29. The quantitative estimate of drug-likeness (QED) is 0.619. The molecule has 0 fully saturated rings. The Labute approximate surface area is 168 Å². The van der Waals surface area contributed by atoms with Crippen molar-refractivity contribution < 1.29 is 18.7 Å². The first-order chi connectivity index (χ1) is 13.9. The fourth-order valence-corrected chi connectivity index (χ4v) is 2.79. The van der Waals surface area contributed by atoms with Gasteiger partial charge in [0.05, 0.1) is 25.3 Å². The van der Waals surface area contributed by atoms with Crippen LogP contribution in [0.5, 0.6) is 0 Å². The van der Waals surface area contributed by atoms with E-state index in [0.29, 0.717) is 23.6 Å². The zero-order valence-electron chi connectivity index (χ0n) is 16.3. The molecule has 7 heteroatoms. The third-order valence-electron chi connectivity index (χ3n) is 4.26. The van der Waals surface area contributed by atoms with Crippen molar-refractivity contribution in [2.45, 2.75) is 26.8 Å². The molecule has 1 heterocycles. The van der Waals surface area contributed by atoms with Gasteiger partial charge in [-0.1, -0.05) is 29.8 Å². The van der Waals surface area contributed by atoms with E-state index in [9.17, 15) is 14.0 Å². The average molecular weight is 395 g/mol. The van der Waals surface area contributed by atoms with Gasteiger partial charge in [0.15, 0.2) is 0 Å². The van der Waals surface area contributed by atoms with Crippen molar-refractivity contribution in [3.8, 4) is 0 Å². The molecule has 3 rings (SSSR count). The van der Waals surface area contributed by atoms with Crippen LogP contribution >= 0.6 is 0 Å². The zero-order chi connectivity index (χ0) is 20.8. The number of nitrogens with zero attached hydrogens (tertiary/aromatic N) is 2. The van der Waals surface area contributed by atoms with Crippen molar-refractivity contribution in [1.82, 2.24) is 9.78 Å². The Bertz CT molecular complexity index is 995. The van der Waals surface area contributed by atoms with Crippen LogP contribution in [0.3, 0.4) is 0 Å². The van der Waals surface area contributed by atoms with Gasteiger partial charge in [0, 0.05) is 11.6 Å². The zero-order valence-corrected chi connectivity index (χ0v) is 16.3. The molecular weight excluding hydrogens is 373 g/mol. The number of halogens is 1. The first-order valence-corrected chi connectivity index (χ1v) is 9.29. The van der Waals surface area contributed by atoms with Crippen molar-refractivity contribution >= 4 is 17.7 Å². The number of benzene rings is 2. The second-order valence-corrected chi connectivity index (χ2v) is 6.61. The Hall–Kier alpha value is -3.48. The van der Waals surface area contributed by atoms with Crippen LogP contribution in [0, 0.1) is 12.7 Å². The number of rotatable bonds is 7. The number of ether oxygens (including phenoxy) is 1. The summed E-state index contributed by atoms with van der Waals surface area (Å²) in [5.74, 6) is -0.562. The highest BCUT2D eigenvalue weighted by Gasteiger charge is 2.15. The van der Waals surface area contributed by atoms with E-state index < -0.39 is 5.97 Å². The summed E-state index contributed by atoms with van der Waals surface area (Å²) in [5, 5.41) is 7.26. The Morgan fingerprint density at radius 3 is 2.45 bits per heavy atom. The molecule has 0 aliphatic carbocycles. The first kappa shape index (κ1) is 20.3. The molecule has 6 nitrogen and oxygen atoms in total. The van der Waals surface area contributed by atoms with Crippen molar-refractivity contribution in [2.24, 2.45) is 0 Å². The van der Waals surface area contributed by atoms with Gasteiger partial charge in [0.2, 0.25) is 0 Å². The smallest absolute Gasteiger partial charge is 0.311 e. The summed E-state index contributed by atoms with van der Waals surface area (Å²) < 4.78 is 19.7. The molecule has 0 aliphatic heterocycles. The van der Waals surface area contributed by atoms with Crippen LogP contribution in [0.15, 0.2) is 54.6 Å². The number of anilines is 1. The van der Waals surface area contributed by atoms with Crippen LogP contribution in [0.25, 0.3) is 0 Å². The number of carbonyl (C=O) groups excluding carboxylic acids is 2. The molecule has 0 radical (unpaired) electrons. The van der Waals surface area contributed by atoms with Gasteiger partial charge < -0.3 is 10.1 Å². The largest absolute Gasteiger partial charge is 0.466 e. The minimum Gasteiger partial charge on any atom is -0.466 e. The van der Waals surface area contributed by atoms with Crippen LogP contribution in [0.2, 0.25) is 0 Å². The van der Waals surface area contributed by atoms with E-state index in [1.54, 1.807) is 41.9 Å².